The summed E-state index contributed by atoms with van der Waals surface area (Å²) in [5, 5.41) is 3.97. The molecular formula is C19H19N3O. The minimum absolute atomic E-state index is 0.0792. The van der Waals surface area contributed by atoms with Crippen molar-refractivity contribution in [1.82, 2.24) is 15.3 Å². The smallest absolute Gasteiger partial charge is 0.252 e. The molecule has 0 fully saturated rings. The topological polar surface area (TPSA) is 57.8 Å². The summed E-state index contributed by atoms with van der Waals surface area (Å²) < 4.78 is 0. The molecule has 2 N–H and O–H groups in total. The van der Waals surface area contributed by atoms with E-state index in [2.05, 4.69) is 15.3 Å². The molecule has 3 rings (SSSR count). The molecule has 0 unspecified atom stereocenters. The van der Waals surface area contributed by atoms with Crippen LogP contribution < -0.4 is 5.32 Å². The van der Waals surface area contributed by atoms with Crippen LogP contribution in [0.5, 0.6) is 0 Å². The van der Waals surface area contributed by atoms with Gasteiger partial charge in [-0.05, 0) is 37.6 Å². The van der Waals surface area contributed by atoms with Crippen LogP contribution in [0.3, 0.4) is 0 Å². The normalized spacial score (nSPS) is 11.9. The molecule has 0 saturated carbocycles. The molecule has 4 heteroatoms. The Morgan fingerprint density at radius 3 is 2.70 bits per heavy atom. The van der Waals surface area contributed by atoms with E-state index in [-0.39, 0.29) is 11.9 Å². The number of nitrogens with zero attached hydrogens (tertiary/aromatic N) is 1. The Morgan fingerprint density at radius 2 is 1.96 bits per heavy atom. The van der Waals surface area contributed by atoms with Crippen LogP contribution >= 0.6 is 0 Å². The van der Waals surface area contributed by atoms with Gasteiger partial charge in [-0.25, -0.2) is 4.98 Å². The van der Waals surface area contributed by atoms with Gasteiger partial charge in [0.2, 0.25) is 0 Å². The second-order valence-electron chi connectivity index (χ2n) is 5.70. The van der Waals surface area contributed by atoms with E-state index in [1.165, 1.54) is 0 Å². The first-order valence-corrected chi connectivity index (χ1v) is 7.65. The predicted molar refractivity (Wildman–Crippen MR) is 93.7 cm³/mol. The first-order valence-electron chi connectivity index (χ1n) is 7.65. The number of carbonyl (C=O) groups is 1. The quantitative estimate of drug-likeness (QED) is 0.723. The number of nitrogens with one attached hydrogen (secondary N) is 2. The summed E-state index contributed by atoms with van der Waals surface area (Å²) >= 11 is 0. The Balaban J connectivity index is 2.09. The summed E-state index contributed by atoms with van der Waals surface area (Å²) in [6.45, 7) is 3.91. The van der Waals surface area contributed by atoms with E-state index in [0.717, 1.165) is 22.2 Å². The third-order valence-corrected chi connectivity index (χ3v) is 3.53. The molecule has 23 heavy (non-hydrogen) atoms. The summed E-state index contributed by atoms with van der Waals surface area (Å²) in [5.74, 6) is -0.0792. The number of benzene rings is 1. The van der Waals surface area contributed by atoms with E-state index in [1.807, 2.05) is 68.6 Å². The monoisotopic (exact) mass is 305 g/mol. The molecule has 116 valence electrons. The van der Waals surface area contributed by atoms with Crippen molar-refractivity contribution in [2.24, 2.45) is 0 Å². The molecule has 0 atom stereocenters. The number of carbonyl (C=O) groups excluding carboxylic acids is 1. The highest BCUT2D eigenvalue weighted by atomic mass is 16.1. The lowest BCUT2D eigenvalue weighted by Gasteiger charge is -2.12. The Labute approximate surface area is 135 Å². The lowest BCUT2D eigenvalue weighted by Crippen LogP contribution is -2.30. The van der Waals surface area contributed by atoms with Gasteiger partial charge in [-0.15, -0.1) is 0 Å². The van der Waals surface area contributed by atoms with Gasteiger partial charge >= 0.3 is 0 Å². The van der Waals surface area contributed by atoms with Gasteiger partial charge in [-0.2, -0.15) is 0 Å². The average molecular weight is 305 g/mol. The minimum Gasteiger partial charge on any atom is -0.350 e. The fourth-order valence-corrected chi connectivity index (χ4v) is 2.49. The molecule has 0 aliphatic carbocycles. The third kappa shape index (κ3) is 3.31. The zero-order valence-corrected chi connectivity index (χ0v) is 13.2. The predicted octanol–water partition coefficient (Wildman–Crippen LogP) is 3.63. The Morgan fingerprint density at radius 1 is 1.17 bits per heavy atom. The van der Waals surface area contributed by atoms with Crippen molar-refractivity contribution in [3.8, 4) is 0 Å². The molecule has 0 radical (unpaired) electrons. The first-order chi connectivity index (χ1) is 11.1. The minimum atomic E-state index is -0.0792. The summed E-state index contributed by atoms with van der Waals surface area (Å²) in [7, 11) is 0. The Hall–Kier alpha value is -2.88. The van der Waals surface area contributed by atoms with Crippen LogP contribution in [0.15, 0.2) is 54.9 Å². The van der Waals surface area contributed by atoms with Gasteiger partial charge in [0.1, 0.15) is 5.65 Å². The highest BCUT2D eigenvalue weighted by molar-refractivity contribution is 6.25. The average Bonchev–Trinajstić information content (AvgIpc) is 2.96. The molecule has 0 saturated heterocycles. The summed E-state index contributed by atoms with van der Waals surface area (Å²) in [6, 6.07) is 13.7. The van der Waals surface area contributed by atoms with Crippen LogP contribution in [0, 0.1) is 0 Å². The maximum Gasteiger partial charge on any atom is 0.252 e. The standard InChI is InChI=1S/C19H19N3O/c1-13(2)22-19(23)17(14-7-4-3-5-8-14)11-15-12-21-18-16(15)9-6-10-20-18/h3-13H,1-2H3,(H,20,21)(H,22,23)/b17-11+. The fourth-order valence-electron chi connectivity index (χ4n) is 2.49. The second-order valence-corrected chi connectivity index (χ2v) is 5.70. The molecule has 0 aliphatic rings. The largest absolute Gasteiger partial charge is 0.350 e. The number of amides is 1. The van der Waals surface area contributed by atoms with Crippen molar-refractivity contribution >= 4 is 28.6 Å². The number of fused-ring (bicyclic) bond motifs is 1. The molecule has 0 bridgehead atoms. The number of hydrogen-bond acceptors (Lipinski definition) is 2. The Bertz CT molecular complexity index is 847. The van der Waals surface area contributed by atoms with Crippen LogP contribution in [0.1, 0.15) is 25.0 Å². The van der Waals surface area contributed by atoms with Gasteiger partial charge < -0.3 is 10.3 Å². The van der Waals surface area contributed by atoms with Crippen molar-refractivity contribution in [3.63, 3.8) is 0 Å². The van der Waals surface area contributed by atoms with Crippen LogP contribution in [0.2, 0.25) is 0 Å². The zero-order chi connectivity index (χ0) is 16.2. The van der Waals surface area contributed by atoms with Crippen LogP contribution in [0.4, 0.5) is 0 Å². The van der Waals surface area contributed by atoms with E-state index < -0.39 is 0 Å². The van der Waals surface area contributed by atoms with Gasteiger partial charge in [0, 0.05) is 35.0 Å². The molecule has 4 nitrogen and oxygen atoms in total. The Kier molecular flexibility index (Phi) is 4.24. The summed E-state index contributed by atoms with van der Waals surface area (Å²) in [6.07, 6.45) is 5.53. The highest BCUT2D eigenvalue weighted by Gasteiger charge is 2.14. The van der Waals surface area contributed by atoms with Crippen molar-refractivity contribution in [1.29, 1.82) is 0 Å². The van der Waals surface area contributed by atoms with Gasteiger partial charge in [0.05, 0.1) is 0 Å². The molecule has 2 heterocycles. The molecule has 1 amide bonds. The van der Waals surface area contributed by atoms with E-state index >= 15 is 0 Å². The van der Waals surface area contributed by atoms with Gasteiger partial charge in [-0.1, -0.05) is 30.3 Å². The van der Waals surface area contributed by atoms with E-state index in [1.54, 1.807) is 6.20 Å². The molecule has 0 spiro atoms. The fraction of sp³-hybridized carbons (Fsp3) is 0.158. The summed E-state index contributed by atoms with van der Waals surface area (Å²) in [4.78, 5) is 20.0. The number of aromatic amines is 1. The van der Waals surface area contributed by atoms with Crippen LogP contribution in [0.25, 0.3) is 22.7 Å². The number of pyridine rings is 1. The maximum atomic E-state index is 12.6. The molecule has 3 aromatic rings. The third-order valence-electron chi connectivity index (χ3n) is 3.53. The van der Waals surface area contributed by atoms with E-state index in [0.29, 0.717) is 5.57 Å². The molecule has 0 aliphatic heterocycles. The van der Waals surface area contributed by atoms with E-state index in [4.69, 9.17) is 0 Å². The van der Waals surface area contributed by atoms with Crippen molar-refractivity contribution in [3.05, 3.63) is 66.0 Å². The van der Waals surface area contributed by atoms with Crippen molar-refractivity contribution in [2.75, 3.05) is 0 Å². The highest BCUT2D eigenvalue weighted by Crippen LogP contribution is 2.23. The SMILES string of the molecule is CC(C)NC(=O)/C(=C/c1c[nH]c2ncccc12)c1ccccc1. The van der Waals surface area contributed by atoms with Crippen molar-refractivity contribution in [2.45, 2.75) is 19.9 Å². The van der Waals surface area contributed by atoms with Gasteiger partial charge in [0.25, 0.3) is 5.91 Å². The van der Waals surface area contributed by atoms with E-state index in [9.17, 15) is 4.79 Å². The summed E-state index contributed by atoms with van der Waals surface area (Å²) in [5.41, 5.74) is 3.30. The van der Waals surface area contributed by atoms with Crippen LogP contribution in [-0.4, -0.2) is 21.9 Å². The number of hydrogen-bond donors (Lipinski definition) is 2. The second kappa shape index (κ2) is 6.48. The zero-order valence-electron chi connectivity index (χ0n) is 13.2. The van der Waals surface area contributed by atoms with Gasteiger partial charge in [0.15, 0.2) is 0 Å². The lowest BCUT2D eigenvalue weighted by molar-refractivity contribution is -0.116. The number of H-pyrrole nitrogens is 1. The number of aromatic nitrogens is 2. The van der Waals surface area contributed by atoms with Crippen LogP contribution in [-0.2, 0) is 4.79 Å². The van der Waals surface area contributed by atoms with Gasteiger partial charge in [-0.3, -0.25) is 4.79 Å². The van der Waals surface area contributed by atoms with Crippen molar-refractivity contribution < 1.29 is 4.79 Å². The molecule has 1 aromatic carbocycles. The number of rotatable bonds is 4. The maximum absolute atomic E-state index is 12.6. The molecule has 2 aromatic heterocycles. The first kappa shape index (κ1) is 15.0. The lowest BCUT2D eigenvalue weighted by atomic mass is 10.0. The molecular weight excluding hydrogens is 286 g/mol.